The molecular weight excluding hydrogens is 401 g/mol. The summed E-state index contributed by atoms with van der Waals surface area (Å²) in [6.07, 6.45) is 0.911. The summed E-state index contributed by atoms with van der Waals surface area (Å²) in [5.74, 6) is -1.01. The molecule has 1 unspecified atom stereocenters. The van der Waals surface area contributed by atoms with Gasteiger partial charge in [-0.2, -0.15) is 0 Å². The average molecular weight is 416 g/mol. The number of halogens is 2. The van der Waals surface area contributed by atoms with Crippen LogP contribution in [-0.4, -0.2) is 16.8 Å². The van der Waals surface area contributed by atoms with Crippen molar-refractivity contribution < 1.29 is 19.1 Å². The zero-order chi connectivity index (χ0) is 19.9. The number of anilines is 1. The van der Waals surface area contributed by atoms with Crippen LogP contribution < -0.4 is 4.90 Å². The number of nitrogens with zero attached hydrogens (tertiary/aromatic N) is 1. The van der Waals surface area contributed by atoms with Crippen LogP contribution in [0, 0.1) is 0 Å². The highest BCUT2D eigenvalue weighted by Gasteiger charge is 2.51. The summed E-state index contributed by atoms with van der Waals surface area (Å²) in [5, 5.41) is 12.1. The summed E-state index contributed by atoms with van der Waals surface area (Å²) < 4.78 is 5.11. The number of fused-ring (bicyclic) bond motifs is 1. The smallest absolute Gasteiger partial charge is 0.264 e. The van der Waals surface area contributed by atoms with Gasteiger partial charge < -0.3 is 14.4 Å². The Morgan fingerprint density at radius 2 is 1.89 bits per heavy atom. The van der Waals surface area contributed by atoms with Crippen LogP contribution in [0.3, 0.4) is 0 Å². The lowest BCUT2D eigenvalue weighted by Gasteiger charge is -2.22. The van der Waals surface area contributed by atoms with Crippen molar-refractivity contribution in [3.05, 3.63) is 87.8 Å². The van der Waals surface area contributed by atoms with Crippen LogP contribution in [0.4, 0.5) is 5.69 Å². The summed E-state index contributed by atoms with van der Waals surface area (Å²) in [5.41, 5.74) is -0.535. The quantitative estimate of drug-likeness (QED) is 0.618. The van der Waals surface area contributed by atoms with Gasteiger partial charge in [-0.15, -0.1) is 0 Å². The molecule has 1 aromatic heterocycles. The molecule has 1 aliphatic rings. The number of amides is 1. The van der Waals surface area contributed by atoms with Gasteiger partial charge in [0, 0.05) is 15.6 Å². The van der Waals surface area contributed by atoms with Crippen molar-refractivity contribution in [2.75, 3.05) is 4.90 Å². The molecule has 0 radical (unpaired) electrons. The van der Waals surface area contributed by atoms with Crippen molar-refractivity contribution in [3.63, 3.8) is 0 Å². The third-order valence-electron chi connectivity index (χ3n) is 4.79. The van der Waals surface area contributed by atoms with Crippen LogP contribution >= 0.6 is 23.2 Å². The molecule has 1 N–H and O–H groups in total. The molecule has 0 saturated carbocycles. The van der Waals surface area contributed by atoms with Crippen LogP contribution in [0.25, 0.3) is 0 Å². The highest BCUT2D eigenvalue weighted by Crippen LogP contribution is 2.45. The molecule has 0 bridgehead atoms. The van der Waals surface area contributed by atoms with Crippen molar-refractivity contribution in [3.8, 4) is 0 Å². The minimum Gasteiger partial charge on any atom is -0.461 e. The predicted molar refractivity (Wildman–Crippen MR) is 106 cm³/mol. The first-order valence-corrected chi connectivity index (χ1v) is 9.30. The van der Waals surface area contributed by atoms with Crippen molar-refractivity contribution >= 4 is 40.6 Å². The fourth-order valence-corrected chi connectivity index (χ4v) is 3.77. The predicted octanol–water partition coefficient (Wildman–Crippen LogP) is 4.59. The van der Waals surface area contributed by atoms with E-state index in [1.165, 1.54) is 23.3 Å². The maximum atomic E-state index is 13.2. The van der Waals surface area contributed by atoms with Gasteiger partial charge in [-0.3, -0.25) is 9.59 Å². The van der Waals surface area contributed by atoms with Crippen LogP contribution in [-0.2, 0) is 16.9 Å². The minimum absolute atomic E-state index is 0.0781. The first-order valence-electron chi connectivity index (χ1n) is 8.54. The second-order valence-corrected chi connectivity index (χ2v) is 7.43. The molecule has 5 nitrogen and oxygen atoms in total. The highest BCUT2D eigenvalue weighted by molar-refractivity contribution is 6.31. The van der Waals surface area contributed by atoms with E-state index < -0.39 is 23.7 Å². The second kappa shape index (κ2) is 7.09. The molecular formula is C21H15Cl2NO4. The largest absolute Gasteiger partial charge is 0.461 e. The Morgan fingerprint density at radius 1 is 1.11 bits per heavy atom. The molecule has 0 aliphatic carbocycles. The van der Waals surface area contributed by atoms with E-state index in [0.717, 1.165) is 5.56 Å². The number of carbonyl (C=O) groups is 2. The summed E-state index contributed by atoms with van der Waals surface area (Å²) in [6, 6.07) is 15.0. The van der Waals surface area contributed by atoms with E-state index in [1.807, 2.05) is 6.07 Å². The number of rotatable bonds is 5. The molecule has 0 spiro atoms. The van der Waals surface area contributed by atoms with Gasteiger partial charge in [0.25, 0.3) is 5.91 Å². The lowest BCUT2D eigenvalue weighted by atomic mass is 9.89. The van der Waals surface area contributed by atoms with E-state index in [2.05, 4.69) is 0 Å². The van der Waals surface area contributed by atoms with Gasteiger partial charge in [-0.05, 0) is 42.0 Å². The topological polar surface area (TPSA) is 70.8 Å². The Bertz CT molecular complexity index is 1060. The molecule has 1 aliphatic heterocycles. The first kappa shape index (κ1) is 18.7. The van der Waals surface area contributed by atoms with E-state index >= 15 is 0 Å². The van der Waals surface area contributed by atoms with Crippen molar-refractivity contribution in [1.29, 1.82) is 0 Å². The standard InChI is InChI=1S/C21H15Cl2NO4/c22-14-7-8-17-15(10-14)21(27,11-18(25)19-6-3-9-28-19)20(26)24(17)12-13-4-1-2-5-16(13)23/h1-10,27H,11-12H2. The summed E-state index contributed by atoms with van der Waals surface area (Å²) in [6.45, 7) is 0.157. The average Bonchev–Trinajstić information content (AvgIpc) is 3.27. The number of hydrogen-bond donors (Lipinski definition) is 1. The number of ketones is 1. The molecule has 2 heterocycles. The molecule has 3 aromatic rings. The number of benzene rings is 2. The molecule has 1 atom stereocenters. The van der Waals surface area contributed by atoms with Gasteiger partial charge in [0.2, 0.25) is 5.78 Å². The van der Waals surface area contributed by atoms with E-state index in [9.17, 15) is 14.7 Å². The summed E-state index contributed by atoms with van der Waals surface area (Å²) in [4.78, 5) is 27.2. The third-order valence-corrected chi connectivity index (χ3v) is 5.40. The Kier molecular flexibility index (Phi) is 4.75. The van der Waals surface area contributed by atoms with Crippen LogP contribution in [0.15, 0.2) is 65.3 Å². The second-order valence-electron chi connectivity index (χ2n) is 6.58. The fourth-order valence-electron chi connectivity index (χ4n) is 3.40. The molecule has 4 rings (SSSR count). The van der Waals surface area contributed by atoms with Crippen molar-refractivity contribution in [2.45, 2.75) is 18.6 Å². The van der Waals surface area contributed by atoms with Crippen molar-refractivity contribution in [2.24, 2.45) is 0 Å². The highest BCUT2D eigenvalue weighted by atomic mass is 35.5. The third kappa shape index (κ3) is 3.11. The number of furan rings is 1. The van der Waals surface area contributed by atoms with Crippen molar-refractivity contribution in [1.82, 2.24) is 0 Å². The molecule has 0 fully saturated rings. The minimum atomic E-state index is -2.04. The Balaban J connectivity index is 1.74. The van der Waals surface area contributed by atoms with Crippen LogP contribution in [0.1, 0.15) is 28.1 Å². The maximum Gasteiger partial charge on any atom is 0.264 e. The van der Waals surface area contributed by atoms with E-state index in [-0.39, 0.29) is 17.9 Å². The molecule has 28 heavy (non-hydrogen) atoms. The Morgan fingerprint density at radius 3 is 2.61 bits per heavy atom. The van der Waals surface area contributed by atoms with Gasteiger partial charge in [0.1, 0.15) is 0 Å². The van der Waals surface area contributed by atoms with Crippen LogP contribution in [0.2, 0.25) is 10.0 Å². The maximum absolute atomic E-state index is 13.2. The van der Waals surface area contributed by atoms with Gasteiger partial charge in [0.05, 0.1) is 24.9 Å². The van der Waals surface area contributed by atoms with Crippen LogP contribution in [0.5, 0.6) is 0 Å². The zero-order valence-electron chi connectivity index (χ0n) is 14.6. The number of carbonyl (C=O) groups excluding carboxylic acids is 2. The Hall–Kier alpha value is -2.60. The Labute approximate surface area is 171 Å². The lowest BCUT2D eigenvalue weighted by Crippen LogP contribution is -2.41. The van der Waals surface area contributed by atoms with E-state index in [4.69, 9.17) is 27.6 Å². The first-order chi connectivity index (χ1) is 13.4. The fraction of sp³-hybridized carbons (Fsp3) is 0.143. The molecule has 1 amide bonds. The molecule has 7 heteroatoms. The summed E-state index contributed by atoms with van der Waals surface area (Å²) >= 11 is 12.3. The summed E-state index contributed by atoms with van der Waals surface area (Å²) in [7, 11) is 0. The van der Waals surface area contributed by atoms with Gasteiger partial charge in [-0.1, -0.05) is 41.4 Å². The number of aliphatic hydroxyl groups is 1. The molecule has 0 saturated heterocycles. The zero-order valence-corrected chi connectivity index (χ0v) is 16.1. The number of hydrogen-bond acceptors (Lipinski definition) is 4. The van der Waals surface area contributed by atoms with Gasteiger partial charge in [-0.25, -0.2) is 0 Å². The van der Waals surface area contributed by atoms with Gasteiger partial charge in [0.15, 0.2) is 11.4 Å². The van der Waals surface area contributed by atoms with E-state index in [1.54, 1.807) is 36.4 Å². The van der Waals surface area contributed by atoms with Gasteiger partial charge >= 0.3 is 0 Å². The lowest BCUT2D eigenvalue weighted by molar-refractivity contribution is -0.136. The monoisotopic (exact) mass is 415 g/mol. The molecule has 142 valence electrons. The SMILES string of the molecule is O=C(CC1(O)C(=O)N(Cc2ccccc2Cl)c2ccc(Cl)cc21)c1ccco1. The molecule has 2 aromatic carbocycles. The number of Topliss-reactive ketones (excluding diaryl/α,β-unsaturated/α-hetero) is 1. The normalized spacial score (nSPS) is 18.4. The van der Waals surface area contributed by atoms with E-state index in [0.29, 0.717) is 15.7 Å².